The van der Waals surface area contributed by atoms with Crippen LogP contribution in [0.1, 0.15) is 38.6 Å². The van der Waals surface area contributed by atoms with Crippen LogP contribution in [-0.2, 0) is 12.8 Å². The third kappa shape index (κ3) is 5.09. The molecule has 0 aliphatic carbocycles. The van der Waals surface area contributed by atoms with Gasteiger partial charge in [-0.15, -0.1) is 0 Å². The monoisotopic (exact) mass is 315 g/mol. The smallest absolute Gasteiger partial charge is 0.257 e. The lowest BCUT2D eigenvalue weighted by Crippen LogP contribution is -2.38. The lowest BCUT2D eigenvalue weighted by molar-refractivity contribution is 0.423. The van der Waals surface area contributed by atoms with Crippen LogP contribution in [0.2, 0.25) is 0 Å². The number of guanidine groups is 1. The Labute approximate surface area is 137 Å². The summed E-state index contributed by atoms with van der Waals surface area (Å²) in [5, 5.41) is 7.06. The molecule has 0 aliphatic rings. The highest BCUT2D eigenvalue weighted by Gasteiger charge is 2.07. The van der Waals surface area contributed by atoms with Crippen LogP contribution >= 0.6 is 0 Å². The summed E-state index contributed by atoms with van der Waals surface area (Å²) >= 11 is 0. The summed E-state index contributed by atoms with van der Waals surface area (Å²) in [6.45, 7) is 6.86. The summed E-state index contributed by atoms with van der Waals surface area (Å²) in [5.74, 6) is 1.80. The summed E-state index contributed by atoms with van der Waals surface area (Å²) in [7, 11) is 0. The van der Waals surface area contributed by atoms with Gasteiger partial charge in [-0.05, 0) is 37.5 Å². The zero-order valence-electron chi connectivity index (χ0n) is 14.0. The van der Waals surface area contributed by atoms with Gasteiger partial charge in [-0.2, -0.15) is 4.98 Å². The van der Waals surface area contributed by atoms with E-state index in [1.165, 1.54) is 5.56 Å². The van der Waals surface area contributed by atoms with Crippen LogP contribution in [-0.4, -0.2) is 28.7 Å². The van der Waals surface area contributed by atoms with Crippen molar-refractivity contribution in [3.05, 3.63) is 35.7 Å². The third-order valence-electron chi connectivity index (χ3n) is 3.67. The fourth-order valence-corrected chi connectivity index (χ4v) is 2.03. The van der Waals surface area contributed by atoms with Crippen LogP contribution in [0, 0.1) is 0 Å². The lowest BCUT2D eigenvalue weighted by Gasteiger charge is -2.11. The maximum Gasteiger partial charge on any atom is 0.257 e. The van der Waals surface area contributed by atoms with E-state index in [0.717, 1.165) is 30.7 Å². The summed E-state index contributed by atoms with van der Waals surface area (Å²) in [6, 6.07) is 8.44. The lowest BCUT2D eigenvalue weighted by atomic mass is 10.1. The number of hydrogen-bond acceptors (Lipinski definition) is 4. The number of aryl methyl sites for hydroxylation is 1. The first-order valence-corrected chi connectivity index (χ1v) is 8.10. The molecule has 0 spiro atoms. The molecule has 0 saturated carbocycles. The molecule has 0 bridgehead atoms. The first-order chi connectivity index (χ1) is 11.1. The minimum atomic E-state index is 0.348. The predicted octanol–water partition coefficient (Wildman–Crippen LogP) is 2.54. The van der Waals surface area contributed by atoms with Crippen LogP contribution in [0.15, 0.2) is 33.8 Å². The van der Waals surface area contributed by atoms with Crippen molar-refractivity contribution in [2.45, 2.75) is 46.1 Å². The van der Waals surface area contributed by atoms with Gasteiger partial charge in [-0.1, -0.05) is 31.1 Å². The van der Waals surface area contributed by atoms with E-state index < -0.39 is 0 Å². The Morgan fingerprint density at radius 2 is 2.04 bits per heavy atom. The molecule has 0 amide bonds. The first-order valence-electron chi connectivity index (χ1n) is 8.10. The molecule has 2 rings (SSSR count). The van der Waals surface area contributed by atoms with Gasteiger partial charge in [0, 0.05) is 24.6 Å². The van der Waals surface area contributed by atoms with Crippen LogP contribution in [0.25, 0.3) is 11.5 Å². The standard InChI is InChI=1S/C17H25N5O/c1-4-12(3)20-17(18)19-11-10-13-6-8-14(9-7-13)16-21-15(5-2)22-23-16/h6-9,12H,4-5,10-11H2,1-3H3,(H3,18,19,20). The Morgan fingerprint density at radius 3 is 2.65 bits per heavy atom. The molecular weight excluding hydrogens is 290 g/mol. The van der Waals surface area contributed by atoms with E-state index in [4.69, 9.17) is 10.3 Å². The SMILES string of the molecule is CCc1noc(-c2ccc(CCN=C(N)NC(C)CC)cc2)n1. The molecule has 3 N–H and O–H groups in total. The van der Waals surface area contributed by atoms with Gasteiger partial charge < -0.3 is 15.6 Å². The number of aromatic nitrogens is 2. The highest BCUT2D eigenvalue weighted by atomic mass is 16.5. The second-order valence-electron chi connectivity index (χ2n) is 5.54. The molecule has 0 radical (unpaired) electrons. The number of nitrogens with one attached hydrogen (secondary N) is 1. The summed E-state index contributed by atoms with van der Waals surface area (Å²) in [5.41, 5.74) is 7.97. The van der Waals surface area contributed by atoms with Crippen molar-refractivity contribution in [3.8, 4) is 11.5 Å². The van der Waals surface area contributed by atoms with E-state index in [0.29, 0.717) is 24.4 Å². The molecule has 6 nitrogen and oxygen atoms in total. The predicted molar refractivity (Wildman–Crippen MR) is 92.2 cm³/mol. The van der Waals surface area contributed by atoms with Crippen LogP contribution < -0.4 is 11.1 Å². The number of benzene rings is 1. The fraction of sp³-hybridized carbons (Fsp3) is 0.471. The van der Waals surface area contributed by atoms with Gasteiger partial charge in [-0.25, -0.2) is 0 Å². The molecular formula is C17H25N5O. The van der Waals surface area contributed by atoms with Crippen molar-refractivity contribution >= 4 is 5.96 Å². The van der Waals surface area contributed by atoms with E-state index in [2.05, 4.69) is 46.4 Å². The molecule has 2 aromatic rings. The normalized spacial score (nSPS) is 13.1. The number of hydrogen-bond donors (Lipinski definition) is 2. The minimum absolute atomic E-state index is 0.348. The van der Waals surface area contributed by atoms with Crippen molar-refractivity contribution in [1.29, 1.82) is 0 Å². The Morgan fingerprint density at radius 1 is 1.30 bits per heavy atom. The largest absolute Gasteiger partial charge is 0.370 e. The van der Waals surface area contributed by atoms with Crippen molar-refractivity contribution < 1.29 is 4.52 Å². The summed E-state index contributed by atoms with van der Waals surface area (Å²) in [4.78, 5) is 8.67. The molecule has 0 fully saturated rings. The second kappa shape index (κ2) is 8.31. The second-order valence-corrected chi connectivity index (χ2v) is 5.54. The van der Waals surface area contributed by atoms with Crippen LogP contribution in [0.5, 0.6) is 0 Å². The van der Waals surface area contributed by atoms with E-state index in [9.17, 15) is 0 Å². The van der Waals surface area contributed by atoms with Crippen LogP contribution in [0.4, 0.5) is 0 Å². The van der Waals surface area contributed by atoms with Gasteiger partial charge in [0.2, 0.25) is 0 Å². The molecule has 6 heteroatoms. The summed E-state index contributed by atoms with van der Waals surface area (Å²) in [6.07, 6.45) is 2.63. The number of rotatable bonds is 7. The van der Waals surface area contributed by atoms with Crippen molar-refractivity contribution in [1.82, 2.24) is 15.5 Å². The molecule has 1 unspecified atom stereocenters. The zero-order valence-corrected chi connectivity index (χ0v) is 14.0. The maximum absolute atomic E-state index is 5.84. The zero-order chi connectivity index (χ0) is 16.7. The number of aliphatic imine (C=N–C) groups is 1. The first kappa shape index (κ1) is 17.0. The molecule has 1 aromatic heterocycles. The van der Waals surface area contributed by atoms with Gasteiger partial charge in [0.25, 0.3) is 5.89 Å². The molecule has 124 valence electrons. The number of nitrogens with two attached hydrogens (primary N) is 1. The fourth-order valence-electron chi connectivity index (χ4n) is 2.03. The molecule has 23 heavy (non-hydrogen) atoms. The highest BCUT2D eigenvalue weighted by molar-refractivity contribution is 5.78. The Balaban J connectivity index is 1.89. The van der Waals surface area contributed by atoms with Gasteiger partial charge >= 0.3 is 0 Å². The van der Waals surface area contributed by atoms with E-state index in [-0.39, 0.29) is 0 Å². The Kier molecular flexibility index (Phi) is 6.14. The molecule has 1 aromatic carbocycles. The van der Waals surface area contributed by atoms with Gasteiger partial charge in [0.1, 0.15) is 0 Å². The summed E-state index contributed by atoms with van der Waals surface area (Å²) < 4.78 is 5.23. The molecule has 0 saturated heterocycles. The molecule has 1 atom stereocenters. The highest BCUT2D eigenvalue weighted by Crippen LogP contribution is 2.18. The minimum Gasteiger partial charge on any atom is -0.370 e. The Hall–Kier alpha value is -2.37. The average Bonchev–Trinajstić information content (AvgIpc) is 3.04. The Bertz CT molecular complexity index is 633. The van der Waals surface area contributed by atoms with Gasteiger partial charge in [0.05, 0.1) is 0 Å². The van der Waals surface area contributed by atoms with Crippen molar-refractivity contribution in [2.75, 3.05) is 6.54 Å². The van der Waals surface area contributed by atoms with E-state index >= 15 is 0 Å². The molecule has 1 heterocycles. The third-order valence-corrected chi connectivity index (χ3v) is 3.67. The van der Waals surface area contributed by atoms with Crippen molar-refractivity contribution in [2.24, 2.45) is 10.7 Å². The maximum atomic E-state index is 5.84. The number of nitrogens with zero attached hydrogens (tertiary/aromatic N) is 3. The van der Waals surface area contributed by atoms with Gasteiger partial charge in [0.15, 0.2) is 11.8 Å². The molecule has 0 aliphatic heterocycles. The topological polar surface area (TPSA) is 89.3 Å². The van der Waals surface area contributed by atoms with Crippen molar-refractivity contribution in [3.63, 3.8) is 0 Å². The van der Waals surface area contributed by atoms with E-state index in [1.807, 2.05) is 19.1 Å². The van der Waals surface area contributed by atoms with Gasteiger partial charge in [-0.3, -0.25) is 4.99 Å². The van der Waals surface area contributed by atoms with Crippen LogP contribution in [0.3, 0.4) is 0 Å². The quantitative estimate of drug-likeness (QED) is 0.605. The average molecular weight is 315 g/mol. The van der Waals surface area contributed by atoms with E-state index in [1.54, 1.807) is 0 Å².